The monoisotopic (exact) mass is 298 g/mol. The van der Waals surface area contributed by atoms with Crippen LogP contribution in [0.5, 0.6) is 0 Å². The van der Waals surface area contributed by atoms with Crippen LogP contribution >= 0.6 is 11.6 Å². The van der Waals surface area contributed by atoms with Crippen LogP contribution < -0.4 is 5.32 Å². The first-order valence-corrected chi connectivity index (χ1v) is 7.34. The minimum atomic E-state index is -0.0502. The van der Waals surface area contributed by atoms with Crippen molar-refractivity contribution in [2.24, 2.45) is 0 Å². The molecule has 4 nitrogen and oxygen atoms in total. The number of carbonyl (C=O) groups excluding carboxylic acids is 1. The molecule has 1 aromatic rings. The highest BCUT2D eigenvalue weighted by Crippen LogP contribution is 2.22. The number of halogens is 1. The molecular formula is C15H23ClN2O2. The summed E-state index contributed by atoms with van der Waals surface area (Å²) in [6, 6.07) is 5.34. The molecule has 1 amide bonds. The third-order valence-electron chi connectivity index (χ3n) is 2.90. The third-order valence-corrected chi connectivity index (χ3v) is 3.13. The Kier molecular flexibility index (Phi) is 7.41. The Balaban J connectivity index is 2.81. The first-order valence-electron chi connectivity index (χ1n) is 6.96. The van der Waals surface area contributed by atoms with Crippen LogP contribution in [0.1, 0.15) is 30.6 Å². The van der Waals surface area contributed by atoms with Gasteiger partial charge >= 0.3 is 0 Å². The molecule has 0 aliphatic carbocycles. The van der Waals surface area contributed by atoms with Gasteiger partial charge < -0.3 is 15.0 Å². The Morgan fingerprint density at radius 1 is 1.40 bits per heavy atom. The van der Waals surface area contributed by atoms with E-state index >= 15 is 0 Å². The standard InChI is InChI=1S/C15H23ClN2O2/c1-4-8-17-14-7-6-12(16)11-13(14)15(19)18(3)9-10-20-5-2/h6-7,11,17H,4-5,8-10H2,1-3H3. The van der Waals surface area contributed by atoms with Crippen molar-refractivity contribution >= 4 is 23.2 Å². The summed E-state index contributed by atoms with van der Waals surface area (Å²) in [7, 11) is 1.77. The number of rotatable bonds is 8. The lowest BCUT2D eigenvalue weighted by molar-refractivity contribution is 0.0711. The second kappa shape index (κ2) is 8.82. The fraction of sp³-hybridized carbons (Fsp3) is 0.533. The van der Waals surface area contributed by atoms with Crippen molar-refractivity contribution in [1.82, 2.24) is 4.90 Å². The van der Waals surface area contributed by atoms with Gasteiger partial charge in [0.25, 0.3) is 5.91 Å². The van der Waals surface area contributed by atoms with Crippen LogP contribution in [0.4, 0.5) is 5.69 Å². The molecule has 0 saturated carbocycles. The number of hydrogen-bond donors (Lipinski definition) is 1. The van der Waals surface area contributed by atoms with Crippen LogP contribution in [-0.2, 0) is 4.74 Å². The van der Waals surface area contributed by atoms with Crippen LogP contribution in [0, 0.1) is 0 Å². The van der Waals surface area contributed by atoms with Gasteiger partial charge in [-0.2, -0.15) is 0 Å². The number of ether oxygens (including phenoxy) is 1. The van der Waals surface area contributed by atoms with Gasteiger partial charge in [0, 0.05) is 37.5 Å². The lowest BCUT2D eigenvalue weighted by Crippen LogP contribution is -2.30. The molecule has 0 radical (unpaired) electrons. The van der Waals surface area contributed by atoms with Gasteiger partial charge in [-0.3, -0.25) is 4.79 Å². The molecule has 0 atom stereocenters. The fourth-order valence-corrected chi connectivity index (χ4v) is 1.93. The van der Waals surface area contributed by atoms with Gasteiger partial charge in [-0.05, 0) is 31.5 Å². The van der Waals surface area contributed by atoms with Crippen molar-refractivity contribution in [3.05, 3.63) is 28.8 Å². The first-order chi connectivity index (χ1) is 9.60. The summed E-state index contributed by atoms with van der Waals surface area (Å²) in [6.45, 7) is 6.60. The summed E-state index contributed by atoms with van der Waals surface area (Å²) in [5, 5.41) is 3.82. The molecule has 1 rings (SSSR count). The van der Waals surface area contributed by atoms with Gasteiger partial charge in [0.05, 0.1) is 12.2 Å². The van der Waals surface area contributed by atoms with Crippen molar-refractivity contribution in [3.8, 4) is 0 Å². The number of carbonyl (C=O) groups is 1. The van der Waals surface area contributed by atoms with Crippen LogP contribution in [0.3, 0.4) is 0 Å². The zero-order chi connectivity index (χ0) is 15.0. The summed E-state index contributed by atoms with van der Waals surface area (Å²) in [5.74, 6) is -0.0502. The maximum atomic E-state index is 12.4. The molecule has 0 fully saturated rings. The molecule has 1 N–H and O–H groups in total. The zero-order valence-electron chi connectivity index (χ0n) is 12.4. The Morgan fingerprint density at radius 2 is 2.15 bits per heavy atom. The Bertz CT molecular complexity index is 438. The third kappa shape index (κ3) is 5.02. The van der Waals surface area contributed by atoms with Gasteiger partial charge in [0.2, 0.25) is 0 Å². The molecule has 0 heterocycles. The smallest absolute Gasteiger partial charge is 0.255 e. The van der Waals surface area contributed by atoms with Crippen molar-refractivity contribution in [2.75, 3.05) is 38.7 Å². The predicted molar refractivity (Wildman–Crippen MR) is 83.7 cm³/mol. The number of anilines is 1. The van der Waals surface area contributed by atoms with E-state index < -0.39 is 0 Å². The van der Waals surface area contributed by atoms with Crippen molar-refractivity contribution in [2.45, 2.75) is 20.3 Å². The number of hydrogen-bond acceptors (Lipinski definition) is 3. The van der Waals surface area contributed by atoms with Gasteiger partial charge in [-0.1, -0.05) is 18.5 Å². The summed E-state index contributed by atoms with van der Waals surface area (Å²) in [5.41, 5.74) is 1.43. The molecule has 0 saturated heterocycles. The van der Waals surface area contributed by atoms with Crippen LogP contribution in [0.2, 0.25) is 5.02 Å². The molecule has 0 aliphatic rings. The SMILES string of the molecule is CCCNc1ccc(Cl)cc1C(=O)N(C)CCOCC. The Labute approximate surface area is 126 Å². The molecule has 0 aromatic heterocycles. The Hall–Kier alpha value is -1.26. The van der Waals surface area contributed by atoms with Gasteiger partial charge in [0.1, 0.15) is 0 Å². The fourth-order valence-electron chi connectivity index (χ4n) is 1.76. The molecule has 5 heteroatoms. The largest absolute Gasteiger partial charge is 0.384 e. The highest BCUT2D eigenvalue weighted by molar-refractivity contribution is 6.31. The lowest BCUT2D eigenvalue weighted by atomic mass is 10.1. The Morgan fingerprint density at radius 3 is 2.80 bits per heavy atom. The molecule has 112 valence electrons. The first kappa shape index (κ1) is 16.8. The average molecular weight is 299 g/mol. The second-order valence-corrected chi connectivity index (χ2v) is 4.98. The van der Waals surface area contributed by atoms with Crippen LogP contribution in [0.25, 0.3) is 0 Å². The van der Waals surface area contributed by atoms with Crippen LogP contribution in [0.15, 0.2) is 18.2 Å². The number of nitrogens with one attached hydrogen (secondary N) is 1. The minimum Gasteiger partial charge on any atom is -0.384 e. The number of likely N-dealkylation sites (N-methyl/N-ethyl adjacent to an activating group) is 1. The van der Waals surface area contributed by atoms with E-state index in [4.69, 9.17) is 16.3 Å². The number of benzene rings is 1. The van der Waals surface area contributed by atoms with Crippen molar-refractivity contribution in [3.63, 3.8) is 0 Å². The molecular weight excluding hydrogens is 276 g/mol. The highest BCUT2D eigenvalue weighted by atomic mass is 35.5. The summed E-state index contributed by atoms with van der Waals surface area (Å²) >= 11 is 6.00. The van der Waals surface area contributed by atoms with Gasteiger partial charge in [0.15, 0.2) is 0 Å². The van der Waals surface area contributed by atoms with Crippen molar-refractivity contribution < 1.29 is 9.53 Å². The van der Waals surface area contributed by atoms with E-state index in [1.807, 2.05) is 13.0 Å². The van der Waals surface area contributed by atoms with E-state index in [1.54, 1.807) is 24.1 Å². The number of nitrogens with zero attached hydrogens (tertiary/aromatic N) is 1. The summed E-state index contributed by atoms with van der Waals surface area (Å²) in [6.07, 6.45) is 0.996. The lowest BCUT2D eigenvalue weighted by Gasteiger charge is -2.19. The summed E-state index contributed by atoms with van der Waals surface area (Å²) in [4.78, 5) is 14.1. The van der Waals surface area contributed by atoms with Gasteiger partial charge in [-0.25, -0.2) is 0 Å². The maximum absolute atomic E-state index is 12.4. The highest BCUT2D eigenvalue weighted by Gasteiger charge is 2.16. The van der Waals surface area contributed by atoms with Crippen molar-refractivity contribution in [1.29, 1.82) is 0 Å². The molecule has 0 aliphatic heterocycles. The number of amides is 1. The summed E-state index contributed by atoms with van der Waals surface area (Å²) < 4.78 is 5.27. The molecule has 0 spiro atoms. The molecule has 1 aromatic carbocycles. The van der Waals surface area contributed by atoms with Crippen LogP contribution in [-0.4, -0.2) is 44.2 Å². The van der Waals surface area contributed by atoms with E-state index in [0.717, 1.165) is 18.7 Å². The normalized spacial score (nSPS) is 10.4. The predicted octanol–water partition coefficient (Wildman–Crippen LogP) is 3.27. The van der Waals surface area contributed by atoms with E-state index in [0.29, 0.717) is 30.3 Å². The average Bonchev–Trinajstić information content (AvgIpc) is 2.45. The maximum Gasteiger partial charge on any atom is 0.255 e. The van der Waals surface area contributed by atoms with E-state index in [-0.39, 0.29) is 5.91 Å². The molecule has 0 unspecified atom stereocenters. The van der Waals surface area contributed by atoms with E-state index in [2.05, 4.69) is 12.2 Å². The zero-order valence-corrected chi connectivity index (χ0v) is 13.2. The topological polar surface area (TPSA) is 41.6 Å². The molecule has 20 heavy (non-hydrogen) atoms. The van der Waals surface area contributed by atoms with Gasteiger partial charge in [-0.15, -0.1) is 0 Å². The quantitative estimate of drug-likeness (QED) is 0.749. The minimum absolute atomic E-state index is 0.0502. The molecule has 0 bridgehead atoms. The van der Waals surface area contributed by atoms with E-state index in [9.17, 15) is 4.79 Å². The van der Waals surface area contributed by atoms with E-state index in [1.165, 1.54) is 0 Å². The second-order valence-electron chi connectivity index (χ2n) is 4.54.